The fraction of sp³-hybridized carbons (Fsp3) is 0.533. The average molecular weight is 249 g/mol. The van der Waals surface area contributed by atoms with Crippen molar-refractivity contribution in [3.8, 4) is 0 Å². The molecule has 1 aliphatic carbocycles. The maximum Gasteiger partial charge on any atom is 0.254 e. The summed E-state index contributed by atoms with van der Waals surface area (Å²) in [5.41, 5.74) is 1.20. The van der Waals surface area contributed by atoms with Gasteiger partial charge in [0.2, 0.25) is 0 Å². The van der Waals surface area contributed by atoms with Gasteiger partial charge in [0.05, 0.1) is 5.56 Å². The lowest BCUT2D eigenvalue weighted by atomic mass is 9.88. The third-order valence-electron chi connectivity index (χ3n) is 2.93. The summed E-state index contributed by atoms with van der Waals surface area (Å²) in [7, 11) is 0. The minimum Gasteiger partial charge on any atom is -0.349 e. The van der Waals surface area contributed by atoms with Crippen LogP contribution in [0.3, 0.4) is 0 Å². The van der Waals surface area contributed by atoms with E-state index in [-0.39, 0.29) is 22.9 Å². The molecular weight excluding hydrogens is 229 g/mol. The van der Waals surface area contributed by atoms with E-state index in [4.69, 9.17) is 0 Å². The average Bonchev–Trinajstić information content (AvgIpc) is 2.98. The highest BCUT2D eigenvalue weighted by Crippen LogP contribution is 2.23. The van der Waals surface area contributed by atoms with Crippen molar-refractivity contribution < 1.29 is 9.18 Å². The Hall–Kier alpha value is -1.38. The molecule has 0 bridgehead atoms. The standard InChI is InChI=1S/C15H20FNO/c1-15(2,3)9-10-4-7-12(13(16)8-10)14(18)17-11-5-6-11/h4,7-8,11H,5-6,9H2,1-3H3,(H,17,18). The first kappa shape index (κ1) is 13.1. The second kappa shape index (κ2) is 4.71. The summed E-state index contributed by atoms with van der Waals surface area (Å²) in [5, 5.41) is 2.80. The molecule has 0 radical (unpaired) electrons. The molecule has 2 rings (SSSR count). The van der Waals surface area contributed by atoms with Crippen molar-refractivity contribution in [1.82, 2.24) is 5.32 Å². The van der Waals surface area contributed by atoms with Crippen LogP contribution in [0, 0.1) is 11.2 Å². The van der Waals surface area contributed by atoms with E-state index in [1.165, 1.54) is 6.07 Å². The molecule has 1 aliphatic rings. The van der Waals surface area contributed by atoms with Crippen molar-refractivity contribution in [3.05, 3.63) is 35.1 Å². The van der Waals surface area contributed by atoms with Crippen molar-refractivity contribution >= 4 is 5.91 Å². The largest absolute Gasteiger partial charge is 0.349 e. The number of nitrogens with one attached hydrogen (secondary N) is 1. The number of benzene rings is 1. The Bertz CT molecular complexity index is 458. The Balaban J connectivity index is 2.11. The molecule has 1 fully saturated rings. The smallest absolute Gasteiger partial charge is 0.254 e. The molecule has 0 aromatic heterocycles. The van der Waals surface area contributed by atoms with E-state index in [1.54, 1.807) is 6.07 Å². The number of halogens is 1. The molecule has 1 amide bonds. The first-order chi connectivity index (χ1) is 8.35. The molecule has 3 heteroatoms. The van der Waals surface area contributed by atoms with Crippen molar-refractivity contribution in [2.75, 3.05) is 0 Å². The van der Waals surface area contributed by atoms with Crippen molar-refractivity contribution in [2.45, 2.75) is 46.1 Å². The molecule has 1 saturated carbocycles. The lowest BCUT2D eigenvalue weighted by Crippen LogP contribution is -2.26. The lowest BCUT2D eigenvalue weighted by Gasteiger charge is -2.18. The Kier molecular flexibility index (Phi) is 3.42. The van der Waals surface area contributed by atoms with E-state index in [2.05, 4.69) is 26.1 Å². The summed E-state index contributed by atoms with van der Waals surface area (Å²) in [5.74, 6) is -0.716. The third-order valence-corrected chi connectivity index (χ3v) is 2.93. The number of rotatable bonds is 3. The van der Waals surface area contributed by atoms with E-state index in [0.29, 0.717) is 0 Å². The Labute approximate surface area is 108 Å². The number of hydrogen-bond donors (Lipinski definition) is 1. The highest BCUT2D eigenvalue weighted by atomic mass is 19.1. The molecule has 0 spiro atoms. The molecule has 0 aliphatic heterocycles. The van der Waals surface area contributed by atoms with Gasteiger partial charge in [-0.2, -0.15) is 0 Å². The normalized spacial score (nSPS) is 15.6. The van der Waals surface area contributed by atoms with Crippen LogP contribution in [0.5, 0.6) is 0 Å². The summed E-state index contributed by atoms with van der Waals surface area (Å²) in [6.07, 6.45) is 2.82. The van der Waals surface area contributed by atoms with Crippen molar-refractivity contribution in [2.24, 2.45) is 5.41 Å². The molecule has 18 heavy (non-hydrogen) atoms. The molecule has 0 unspecified atom stereocenters. The van der Waals surface area contributed by atoms with Crippen LogP contribution in [0.1, 0.15) is 49.5 Å². The van der Waals surface area contributed by atoms with E-state index in [9.17, 15) is 9.18 Å². The van der Waals surface area contributed by atoms with E-state index >= 15 is 0 Å². The summed E-state index contributed by atoms with van der Waals surface area (Å²) in [6, 6.07) is 5.17. The van der Waals surface area contributed by atoms with E-state index < -0.39 is 5.82 Å². The Morgan fingerprint density at radius 2 is 2.06 bits per heavy atom. The minimum absolute atomic E-state index is 0.115. The van der Waals surface area contributed by atoms with Crippen LogP contribution in [0.25, 0.3) is 0 Å². The fourth-order valence-corrected chi connectivity index (χ4v) is 1.96. The van der Waals surface area contributed by atoms with Gasteiger partial charge in [-0.25, -0.2) is 4.39 Å². The molecule has 0 atom stereocenters. The molecule has 2 nitrogen and oxygen atoms in total. The maximum absolute atomic E-state index is 13.9. The minimum atomic E-state index is -0.421. The molecule has 0 heterocycles. The van der Waals surface area contributed by atoms with Gasteiger partial charge in [0.25, 0.3) is 5.91 Å². The van der Waals surface area contributed by atoms with Gasteiger partial charge in [-0.05, 0) is 42.4 Å². The highest BCUT2D eigenvalue weighted by molar-refractivity contribution is 5.94. The quantitative estimate of drug-likeness (QED) is 0.875. The molecule has 1 N–H and O–H groups in total. The summed E-state index contributed by atoms with van der Waals surface area (Å²) in [6.45, 7) is 6.33. The molecular formula is C15H20FNO. The second-order valence-electron chi connectivity index (χ2n) is 6.30. The topological polar surface area (TPSA) is 29.1 Å². The second-order valence-corrected chi connectivity index (χ2v) is 6.30. The predicted molar refractivity (Wildman–Crippen MR) is 70.0 cm³/mol. The van der Waals surface area contributed by atoms with E-state index in [0.717, 1.165) is 24.8 Å². The fourth-order valence-electron chi connectivity index (χ4n) is 1.96. The summed E-state index contributed by atoms with van der Waals surface area (Å²) < 4.78 is 13.9. The number of hydrogen-bond acceptors (Lipinski definition) is 1. The Morgan fingerprint density at radius 1 is 1.39 bits per heavy atom. The van der Waals surface area contributed by atoms with Crippen LogP contribution in [0.4, 0.5) is 4.39 Å². The molecule has 1 aromatic carbocycles. The van der Waals surface area contributed by atoms with E-state index in [1.807, 2.05) is 6.07 Å². The summed E-state index contributed by atoms with van der Waals surface area (Å²) >= 11 is 0. The number of carbonyl (C=O) groups excluding carboxylic acids is 1. The Morgan fingerprint density at radius 3 is 2.56 bits per heavy atom. The summed E-state index contributed by atoms with van der Waals surface area (Å²) in [4.78, 5) is 11.8. The lowest BCUT2D eigenvalue weighted by molar-refractivity contribution is 0.0947. The van der Waals surface area contributed by atoms with Crippen molar-refractivity contribution in [3.63, 3.8) is 0 Å². The maximum atomic E-state index is 13.9. The number of carbonyl (C=O) groups is 1. The van der Waals surface area contributed by atoms with Gasteiger partial charge < -0.3 is 5.32 Å². The number of amides is 1. The molecule has 98 valence electrons. The van der Waals surface area contributed by atoms with Crippen LogP contribution in [0.15, 0.2) is 18.2 Å². The first-order valence-electron chi connectivity index (χ1n) is 6.44. The zero-order valence-corrected chi connectivity index (χ0v) is 11.2. The SMILES string of the molecule is CC(C)(C)Cc1ccc(C(=O)NC2CC2)c(F)c1. The van der Waals surface area contributed by atoms with Crippen LogP contribution in [0.2, 0.25) is 0 Å². The van der Waals surface area contributed by atoms with Crippen LogP contribution in [-0.4, -0.2) is 11.9 Å². The van der Waals surface area contributed by atoms with Crippen LogP contribution >= 0.6 is 0 Å². The zero-order chi connectivity index (χ0) is 13.3. The molecule has 0 saturated heterocycles. The van der Waals surface area contributed by atoms with Gasteiger partial charge in [-0.1, -0.05) is 26.8 Å². The highest BCUT2D eigenvalue weighted by Gasteiger charge is 2.25. The van der Waals surface area contributed by atoms with Gasteiger partial charge in [0, 0.05) is 6.04 Å². The monoisotopic (exact) mass is 249 g/mol. The van der Waals surface area contributed by atoms with Gasteiger partial charge in [0.1, 0.15) is 5.82 Å². The predicted octanol–water partition coefficient (Wildman–Crippen LogP) is 3.31. The molecule has 1 aromatic rings. The van der Waals surface area contributed by atoms with Gasteiger partial charge in [-0.15, -0.1) is 0 Å². The van der Waals surface area contributed by atoms with Gasteiger partial charge >= 0.3 is 0 Å². The van der Waals surface area contributed by atoms with Crippen molar-refractivity contribution in [1.29, 1.82) is 0 Å². The zero-order valence-electron chi connectivity index (χ0n) is 11.2. The van der Waals surface area contributed by atoms with Crippen LogP contribution < -0.4 is 5.32 Å². The third kappa shape index (κ3) is 3.56. The van der Waals surface area contributed by atoms with Gasteiger partial charge in [-0.3, -0.25) is 4.79 Å². The van der Waals surface area contributed by atoms with Gasteiger partial charge in [0.15, 0.2) is 0 Å². The first-order valence-corrected chi connectivity index (χ1v) is 6.44. The van der Waals surface area contributed by atoms with Crippen LogP contribution in [-0.2, 0) is 6.42 Å².